The number of benzene rings is 1. The molecule has 0 radical (unpaired) electrons. The Hall–Kier alpha value is -1.26. The molecule has 0 amide bonds. The van der Waals surface area contributed by atoms with Gasteiger partial charge in [-0.1, -0.05) is 6.07 Å². The molecule has 1 heterocycles. The topological polar surface area (TPSA) is 33.7 Å². The summed E-state index contributed by atoms with van der Waals surface area (Å²) in [6.07, 6.45) is 3.72. The van der Waals surface area contributed by atoms with Gasteiger partial charge < -0.3 is 19.7 Å². The number of nitrogens with one attached hydrogen (secondary N) is 1. The molecule has 21 heavy (non-hydrogen) atoms. The normalized spacial score (nSPS) is 21.6. The lowest BCUT2D eigenvalue weighted by molar-refractivity contribution is 0.338. The van der Waals surface area contributed by atoms with Gasteiger partial charge in [0.15, 0.2) is 0 Å². The van der Waals surface area contributed by atoms with Gasteiger partial charge in [0.1, 0.15) is 11.5 Å². The lowest BCUT2D eigenvalue weighted by Gasteiger charge is -2.24. The van der Waals surface area contributed by atoms with E-state index in [9.17, 15) is 0 Å². The SMILES string of the molecule is COc1ccc(C(C)NC2CCCN(C)CC2)c(OC)c1. The summed E-state index contributed by atoms with van der Waals surface area (Å²) in [5, 5.41) is 3.76. The van der Waals surface area contributed by atoms with Crippen LogP contribution in [-0.2, 0) is 0 Å². The molecule has 1 N–H and O–H groups in total. The first kappa shape index (κ1) is 16.1. The van der Waals surface area contributed by atoms with Crippen molar-refractivity contribution in [1.29, 1.82) is 0 Å². The lowest BCUT2D eigenvalue weighted by Crippen LogP contribution is -2.32. The van der Waals surface area contributed by atoms with Crippen LogP contribution in [0.1, 0.15) is 37.8 Å². The summed E-state index contributed by atoms with van der Waals surface area (Å²) in [4.78, 5) is 2.42. The average Bonchev–Trinajstić information content (AvgIpc) is 2.71. The molecule has 118 valence electrons. The molecule has 0 spiro atoms. The van der Waals surface area contributed by atoms with E-state index >= 15 is 0 Å². The number of hydrogen-bond acceptors (Lipinski definition) is 4. The zero-order valence-corrected chi connectivity index (χ0v) is 13.7. The third-order valence-corrected chi connectivity index (χ3v) is 4.34. The van der Waals surface area contributed by atoms with Crippen LogP contribution in [0.4, 0.5) is 0 Å². The van der Waals surface area contributed by atoms with Crippen molar-refractivity contribution < 1.29 is 9.47 Å². The fourth-order valence-corrected chi connectivity index (χ4v) is 3.03. The lowest BCUT2D eigenvalue weighted by atomic mass is 10.0. The first-order valence-corrected chi connectivity index (χ1v) is 7.80. The van der Waals surface area contributed by atoms with Crippen LogP contribution < -0.4 is 14.8 Å². The van der Waals surface area contributed by atoms with E-state index in [0.29, 0.717) is 6.04 Å². The number of ether oxygens (including phenoxy) is 2. The predicted octanol–water partition coefficient (Wildman–Crippen LogP) is 2.84. The minimum atomic E-state index is 0.277. The van der Waals surface area contributed by atoms with Crippen molar-refractivity contribution in [1.82, 2.24) is 10.2 Å². The maximum absolute atomic E-state index is 5.51. The molecule has 0 aliphatic carbocycles. The van der Waals surface area contributed by atoms with Crippen LogP contribution in [0.25, 0.3) is 0 Å². The molecule has 1 aromatic rings. The van der Waals surface area contributed by atoms with Crippen LogP contribution in [0.15, 0.2) is 18.2 Å². The molecule has 1 saturated heterocycles. The highest BCUT2D eigenvalue weighted by Gasteiger charge is 2.19. The first-order valence-electron chi connectivity index (χ1n) is 7.80. The molecular weight excluding hydrogens is 264 g/mol. The quantitative estimate of drug-likeness (QED) is 0.905. The van der Waals surface area contributed by atoms with Gasteiger partial charge in [0.05, 0.1) is 14.2 Å². The van der Waals surface area contributed by atoms with Gasteiger partial charge in [0, 0.05) is 23.7 Å². The number of nitrogens with zero attached hydrogens (tertiary/aromatic N) is 1. The summed E-state index contributed by atoms with van der Waals surface area (Å²) < 4.78 is 10.8. The summed E-state index contributed by atoms with van der Waals surface area (Å²) >= 11 is 0. The van der Waals surface area contributed by atoms with Crippen LogP contribution in [0.3, 0.4) is 0 Å². The van der Waals surface area contributed by atoms with Crippen molar-refractivity contribution in [2.24, 2.45) is 0 Å². The van der Waals surface area contributed by atoms with Crippen molar-refractivity contribution in [3.05, 3.63) is 23.8 Å². The molecule has 4 heteroatoms. The number of likely N-dealkylation sites (tertiary alicyclic amines) is 1. The summed E-state index contributed by atoms with van der Waals surface area (Å²) in [6.45, 7) is 4.58. The van der Waals surface area contributed by atoms with Crippen molar-refractivity contribution in [2.45, 2.75) is 38.3 Å². The number of hydrogen-bond donors (Lipinski definition) is 1. The van der Waals surface area contributed by atoms with Crippen LogP contribution >= 0.6 is 0 Å². The maximum atomic E-state index is 5.51. The molecular formula is C17H28N2O2. The predicted molar refractivity (Wildman–Crippen MR) is 86.2 cm³/mol. The van der Waals surface area contributed by atoms with Crippen LogP contribution in [0, 0.1) is 0 Å². The van der Waals surface area contributed by atoms with Crippen LogP contribution in [-0.4, -0.2) is 45.3 Å². The third-order valence-electron chi connectivity index (χ3n) is 4.34. The van der Waals surface area contributed by atoms with Gasteiger partial charge in [-0.3, -0.25) is 0 Å². The van der Waals surface area contributed by atoms with E-state index in [0.717, 1.165) is 11.5 Å². The first-order chi connectivity index (χ1) is 10.1. The summed E-state index contributed by atoms with van der Waals surface area (Å²) in [6, 6.07) is 6.90. The Balaban J connectivity index is 2.03. The van der Waals surface area contributed by atoms with Crippen LogP contribution in [0.5, 0.6) is 11.5 Å². The largest absolute Gasteiger partial charge is 0.497 e. The highest BCUT2D eigenvalue weighted by molar-refractivity contribution is 5.42. The standard InChI is InChI=1S/C17H28N2O2/c1-13(18-14-6-5-10-19(2)11-9-14)16-8-7-15(20-3)12-17(16)21-4/h7-8,12-14,18H,5-6,9-11H2,1-4H3. The van der Waals surface area contributed by atoms with Crippen molar-refractivity contribution >= 4 is 0 Å². The Bertz CT molecular complexity index is 450. The molecule has 1 aromatic carbocycles. The molecule has 2 atom stereocenters. The second-order valence-corrected chi connectivity index (χ2v) is 5.93. The van der Waals surface area contributed by atoms with E-state index in [4.69, 9.17) is 9.47 Å². The summed E-state index contributed by atoms with van der Waals surface area (Å²) in [5.74, 6) is 1.72. The van der Waals surface area contributed by atoms with E-state index in [1.54, 1.807) is 14.2 Å². The fourth-order valence-electron chi connectivity index (χ4n) is 3.03. The second-order valence-electron chi connectivity index (χ2n) is 5.93. The Morgan fingerprint density at radius 2 is 2.00 bits per heavy atom. The molecule has 2 unspecified atom stereocenters. The van der Waals surface area contributed by atoms with Gasteiger partial charge >= 0.3 is 0 Å². The monoisotopic (exact) mass is 292 g/mol. The van der Waals surface area contributed by atoms with Crippen molar-refractivity contribution in [3.63, 3.8) is 0 Å². The van der Waals surface area contributed by atoms with Crippen molar-refractivity contribution in [3.8, 4) is 11.5 Å². The van der Waals surface area contributed by atoms with Gasteiger partial charge in [-0.05, 0) is 52.4 Å². The van der Waals surface area contributed by atoms with Gasteiger partial charge in [-0.2, -0.15) is 0 Å². The molecule has 1 fully saturated rings. The zero-order valence-electron chi connectivity index (χ0n) is 13.7. The van der Waals surface area contributed by atoms with E-state index in [1.807, 2.05) is 12.1 Å². The van der Waals surface area contributed by atoms with Gasteiger partial charge in [-0.25, -0.2) is 0 Å². The van der Waals surface area contributed by atoms with E-state index in [2.05, 4.69) is 30.3 Å². The van der Waals surface area contributed by atoms with Gasteiger partial charge in [-0.15, -0.1) is 0 Å². The van der Waals surface area contributed by atoms with E-state index in [-0.39, 0.29) is 6.04 Å². The van der Waals surface area contributed by atoms with E-state index < -0.39 is 0 Å². The highest BCUT2D eigenvalue weighted by atomic mass is 16.5. The minimum Gasteiger partial charge on any atom is -0.497 e. The van der Waals surface area contributed by atoms with Gasteiger partial charge in [0.25, 0.3) is 0 Å². The molecule has 0 bridgehead atoms. The summed E-state index contributed by atoms with van der Waals surface area (Å²) in [5.41, 5.74) is 1.19. The fraction of sp³-hybridized carbons (Fsp3) is 0.647. The Morgan fingerprint density at radius 1 is 1.19 bits per heavy atom. The van der Waals surface area contributed by atoms with Crippen molar-refractivity contribution in [2.75, 3.05) is 34.4 Å². The molecule has 0 aromatic heterocycles. The summed E-state index contributed by atoms with van der Waals surface area (Å²) in [7, 11) is 5.60. The van der Waals surface area contributed by atoms with Gasteiger partial charge in [0.2, 0.25) is 0 Å². The highest BCUT2D eigenvalue weighted by Crippen LogP contribution is 2.30. The smallest absolute Gasteiger partial charge is 0.127 e. The maximum Gasteiger partial charge on any atom is 0.127 e. The second kappa shape index (κ2) is 7.66. The molecule has 1 aliphatic heterocycles. The molecule has 2 rings (SSSR count). The van der Waals surface area contributed by atoms with Crippen LogP contribution in [0.2, 0.25) is 0 Å². The molecule has 4 nitrogen and oxygen atoms in total. The number of rotatable bonds is 5. The zero-order chi connectivity index (χ0) is 15.2. The Labute approximate surface area is 128 Å². The third kappa shape index (κ3) is 4.35. The average molecular weight is 292 g/mol. The Morgan fingerprint density at radius 3 is 2.71 bits per heavy atom. The minimum absolute atomic E-state index is 0.277. The molecule has 0 saturated carbocycles. The number of methoxy groups -OCH3 is 2. The molecule has 1 aliphatic rings. The Kier molecular flexibility index (Phi) is 5.88. The van der Waals surface area contributed by atoms with E-state index in [1.165, 1.54) is 37.9 Å².